The molecule has 0 unspecified atom stereocenters. The quantitative estimate of drug-likeness (QED) is 0.128. The van der Waals surface area contributed by atoms with Gasteiger partial charge in [-0.05, 0) is 88.3 Å². The van der Waals surface area contributed by atoms with Crippen LogP contribution in [0.15, 0.2) is 42.5 Å². The van der Waals surface area contributed by atoms with Crippen molar-refractivity contribution in [1.82, 2.24) is 4.90 Å². The van der Waals surface area contributed by atoms with Crippen LogP contribution >= 0.6 is 0 Å². The predicted molar refractivity (Wildman–Crippen MR) is 172 cm³/mol. The highest BCUT2D eigenvalue weighted by molar-refractivity contribution is 7.88. The lowest BCUT2D eigenvalue weighted by Crippen LogP contribution is -2.52. The van der Waals surface area contributed by atoms with Crippen molar-refractivity contribution in [3.63, 3.8) is 0 Å². The van der Waals surface area contributed by atoms with Gasteiger partial charge in [0.05, 0.1) is 11.6 Å². The Morgan fingerprint density at radius 1 is 1.06 bits per heavy atom. The van der Waals surface area contributed by atoms with Gasteiger partial charge in [0.25, 0.3) is 0 Å². The molecule has 280 valence electrons. The van der Waals surface area contributed by atoms with E-state index in [-0.39, 0.29) is 62.2 Å². The SMILES string of the molecule is COCCCN1C(=O)C(F)(F)Oc2ccc(N(C(=O)[C@H]3CN(C(=O)OC(C)(C)C)CC[C@@H]3c3cccc(OS(=O)(=O)C(F)(F)F)c3)C3CC3)cc21. The largest absolute Gasteiger partial charge is 0.534 e. The fourth-order valence-corrected chi connectivity index (χ4v) is 6.54. The predicted octanol–water partition coefficient (Wildman–Crippen LogP) is 5.81. The molecule has 18 heteroatoms. The number of ether oxygens (including phenoxy) is 3. The van der Waals surface area contributed by atoms with Crippen LogP contribution in [-0.4, -0.2) is 87.8 Å². The van der Waals surface area contributed by atoms with Gasteiger partial charge in [0.2, 0.25) is 5.91 Å². The third-order valence-electron chi connectivity index (χ3n) is 8.48. The van der Waals surface area contributed by atoms with Gasteiger partial charge in [-0.25, -0.2) is 4.79 Å². The van der Waals surface area contributed by atoms with E-state index in [0.29, 0.717) is 18.4 Å². The molecule has 0 bridgehead atoms. The van der Waals surface area contributed by atoms with E-state index in [9.17, 15) is 44.8 Å². The summed E-state index contributed by atoms with van der Waals surface area (Å²) in [6, 6.07) is 8.69. The molecule has 1 aliphatic carbocycles. The van der Waals surface area contributed by atoms with E-state index >= 15 is 0 Å². The highest BCUT2D eigenvalue weighted by atomic mass is 32.2. The van der Waals surface area contributed by atoms with E-state index in [4.69, 9.17) is 14.2 Å². The van der Waals surface area contributed by atoms with Gasteiger partial charge in [-0.2, -0.15) is 30.4 Å². The number of methoxy groups -OCH3 is 1. The monoisotopic (exact) mass is 747 g/mol. The van der Waals surface area contributed by atoms with E-state index in [0.717, 1.165) is 17.0 Å². The third kappa shape index (κ3) is 8.48. The summed E-state index contributed by atoms with van der Waals surface area (Å²) in [7, 11) is -4.56. The molecule has 2 fully saturated rings. The maximum atomic E-state index is 14.7. The summed E-state index contributed by atoms with van der Waals surface area (Å²) in [5.74, 6) is -4.74. The summed E-state index contributed by atoms with van der Waals surface area (Å²) in [5.41, 5.74) is -5.97. The van der Waals surface area contributed by atoms with Crippen LogP contribution in [0.25, 0.3) is 0 Å². The van der Waals surface area contributed by atoms with Crippen molar-refractivity contribution in [2.24, 2.45) is 5.92 Å². The van der Waals surface area contributed by atoms with Gasteiger partial charge < -0.3 is 33.1 Å². The number of rotatable bonds is 10. The van der Waals surface area contributed by atoms with E-state index in [1.165, 1.54) is 47.2 Å². The molecule has 2 aromatic carbocycles. The van der Waals surface area contributed by atoms with Crippen LogP contribution in [-0.2, 0) is 29.2 Å². The number of anilines is 2. The molecule has 12 nitrogen and oxygen atoms in total. The zero-order chi connectivity index (χ0) is 37.5. The molecule has 0 radical (unpaired) electrons. The van der Waals surface area contributed by atoms with Crippen molar-refractivity contribution in [3.8, 4) is 11.5 Å². The smallest absolute Gasteiger partial charge is 0.444 e. The van der Waals surface area contributed by atoms with Crippen molar-refractivity contribution in [1.29, 1.82) is 0 Å². The maximum Gasteiger partial charge on any atom is 0.534 e. The number of benzene rings is 2. The lowest BCUT2D eigenvalue weighted by Gasteiger charge is -2.41. The van der Waals surface area contributed by atoms with Crippen molar-refractivity contribution in [2.75, 3.05) is 43.2 Å². The van der Waals surface area contributed by atoms with Gasteiger partial charge in [0.15, 0.2) is 5.75 Å². The Labute approximate surface area is 291 Å². The summed E-state index contributed by atoms with van der Waals surface area (Å²) in [6.45, 7) is 5.01. The second-order valence-corrected chi connectivity index (χ2v) is 15.0. The average Bonchev–Trinajstić information content (AvgIpc) is 3.86. The fraction of sp³-hybridized carbons (Fsp3) is 0.545. The lowest BCUT2D eigenvalue weighted by atomic mass is 9.79. The molecule has 51 heavy (non-hydrogen) atoms. The van der Waals surface area contributed by atoms with Crippen molar-refractivity contribution in [2.45, 2.75) is 75.6 Å². The first-order valence-electron chi connectivity index (χ1n) is 16.2. The number of amides is 3. The second kappa shape index (κ2) is 14.1. The highest BCUT2D eigenvalue weighted by Crippen LogP contribution is 2.45. The number of hydrogen-bond acceptors (Lipinski definition) is 9. The summed E-state index contributed by atoms with van der Waals surface area (Å²) >= 11 is 0. The molecule has 2 aliphatic heterocycles. The molecule has 3 amide bonds. The maximum absolute atomic E-state index is 14.7. The number of carbonyl (C=O) groups excluding carboxylic acids is 3. The minimum Gasteiger partial charge on any atom is -0.444 e. The Kier molecular flexibility index (Phi) is 10.5. The van der Waals surface area contributed by atoms with E-state index in [1.54, 1.807) is 20.8 Å². The van der Waals surface area contributed by atoms with E-state index in [1.807, 2.05) is 0 Å². The molecule has 0 spiro atoms. The molecule has 1 saturated carbocycles. The summed E-state index contributed by atoms with van der Waals surface area (Å²) in [6.07, 6.45) is -3.28. The molecule has 2 atom stereocenters. The van der Waals surface area contributed by atoms with Crippen LogP contribution in [0.1, 0.15) is 57.9 Å². The minimum atomic E-state index is -5.99. The fourth-order valence-electron chi connectivity index (χ4n) is 6.08. The number of halogens is 5. The van der Waals surface area contributed by atoms with Crippen LogP contribution in [0.5, 0.6) is 11.5 Å². The van der Waals surface area contributed by atoms with Gasteiger partial charge in [-0.1, -0.05) is 12.1 Å². The Morgan fingerprint density at radius 2 is 1.76 bits per heavy atom. The number of fused-ring (bicyclic) bond motifs is 1. The Hall–Kier alpha value is -4.19. The van der Waals surface area contributed by atoms with Crippen LogP contribution in [0.3, 0.4) is 0 Å². The minimum absolute atomic E-state index is 0.0178. The number of nitrogens with zero attached hydrogens (tertiary/aromatic N) is 3. The first-order chi connectivity index (χ1) is 23.7. The third-order valence-corrected chi connectivity index (χ3v) is 9.46. The molecule has 2 heterocycles. The molecule has 0 N–H and O–H groups in total. The molecule has 5 rings (SSSR count). The lowest BCUT2D eigenvalue weighted by molar-refractivity contribution is -0.192. The van der Waals surface area contributed by atoms with Crippen LogP contribution in [0.2, 0.25) is 0 Å². The van der Waals surface area contributed by atoms with Crippen molar-refractivity contribution < 1.29 is 63.1 Å². The number of likely N-dealkylation sites (tertiary alicyclic amines) is 1. The number of alkyl halides is 5. The van der Waals surface area contributed by atoms with Crippen molar-refractivity contribution in [3.05, 3.63) is 48.0 Å². The number of piperidine rings is 1. The van der Waals surface area contributed by atoms with E-state index in [2.05, 4.69) is 4.18 Å². The van der Waals surface area contributed by atoms with Gasteiger partial charge in [0.1, 0.15) is 11.4 Å². The highest BCUT2D eigenvalue weighted by Gasteiger charge is 2.51. The van der Waals surface area contributed by atoms with E-state index < -0.39 is 62.8 Å². The topological polar surface area (TPSA) is 132 Å². The molecular weight excluding hydrogens is 709 g/mol. The second-order valence-electron chi connectivity index (χ2n) is 13.5. The zero-order valence-electron chi connectivity index (χ0n) is 28.2. The van der Waals surface area contributed by atoms with Crippen molar-refractivity contribution >= 4 is 39.4 Å². The standard InChI is InChI=1S/C33H38F5N3O9S/c1-31(2,3)49-30(44)39-15-13-24(20-7-5-8-23(17-20)50-51(45,46)33(36,37)38)25(19-39)28(42)41(21-9-10-21)22-11-12-27-26(18-22)40(14-6-16-47-4)29(43)32(34,35)48-27/h5,7-8,11-12,17-18,21,24-25H,6,9-10,13-16,19H2,1-4H3/t24-,25+/m1/s1. The first-order valence-corrected chi connectivity index (χ1v) is 17.6. The molecule has 0 aromatic heterocycles. The average molecular weight is 748 g/mol. The first kappa shape index (κ1) is 38.1. The molecule has 3 aliphatic rings. The van der Waals surface area contributed by atoms with Gasteiger partial charge in [-0.15, -0.1) is 0 Å². The number of hydrogen-bond donors (Lipinski definition) is 0. The van der Waals surface area contributed by atoms with Gasteiger partial charge in [0, 0.05) is 45.1 Å². The van der Waals surface area contributed by atoms with Crippen LogP contribution in [0, 0.1) is 5.92 Å². The normalized spacial score (nSPS) is 20.7. The number of carbonyl (C=O) groups is 3. The van der Waals surface area contributed by atoms with Crippen LogP contribution in [0.4, 0.5) is 38.1 Å². The van der Waals surface area contributed by atoms with Crippen LogP contribution < -0.4 is 18.7 Å². The Bertz CT molecular complexity index is 1760. The summed E-state index contributed by atoms with van der Waals surface area (Å²) in [5, 5.41) is 0. The van der Waals surface area contributed by atoms with Gasteiger partial charge >= 0.3 is 33.7 Å². The zero-order valence-corrected chi connectivity index (χ0v) is 29.1. The Balaban J connectivity index is 1.52. The summed E-state index contributed by atoms with van der Waals surface area (Å²) in [4.78, 5) is 44.3. The molecule has 2 aromatic rings. The molecular formula is C33H38F5N3O9S. The Morgan fingerprint density at radius 3 is 2.39 bits per heavy atom. The van der Waals surface area contributed by atoms with Gasteiger partial charge in [-0.3, -0.25) is 9.59 Å². The summed E-state index contributed by atoms with van der Waals surface area (Å²) < 4.78 is 112. The molecule has 1 saturated heterocycles.